The van der Waals surface area contributed by atoms with Gasteiger partial charge in [0.2, 0.25) is 6.21 Å². The van der Waals surface area contributed by atoms with Crippen molar-refractivity contribution in [1.29, 1.82) is 0 Å². The highest BCUT2D eigenvalue weighted by Gasteiger charge is 2.27. The first-order chi connectivity index (χ1) is 7.93. The van der Waals surface area contributed by atoms with Gasteiger partial charge >= 0.3 is 0 Å². The summed E-state index contributed by atoms with van der Waals surface area (Å²) in [5.74, 6) is 0. The minimum atomic E-state index is 0.427. The second-order valence-electron chi connectivity index (χ2n) is 4.71. The van der Waals surface area contributed by atoms with Gasteiger partial charge < -0.3 is 0 Å². The van der Waals surface area contributed by atoms with Crippen LogP contribution in [0.2, 0.25) is 0 Å². The van der Waals surface area contributed by atoms with Crippen molar-refractivity contribution in [2.24, 2.45) is 0 Å². The number of hydrogen-bond donors (Lipinski definition) is 0. The molecule has 1 aromatic rings. The Morgan fingerprint density at radius 2 is 1.88 bits per heavy atom. The molecule has 1 heterocycles. The topological polar surface area (TPSA) is 12.2 Å². The molecule has 0 saturated heterocycles. The summed E-state index contributed by atoms with van der Waals surface area (Å²) < 4.78 is 1.99. The number of rotatable bonds is 2. The second kappa shape index (κ2) is 4.28. The van der Waals surface area contributed by atoms with E-state index in [-0.39, 0.29) is 0 Å². The molecule has 0 bridgehead atoms. The molecule has 1 aromatic carbocycles. The molecule has 16 heavy (non-hydrogen) atoms. The van der Waals surface area contributed by atoms with E-state index < -0.39 is 0 Å². The molecule has 1 aliphatic carbocycles. The van der Waals surface area contributed by atoms with E-state index in [1.165, 1.54) is 43.4 Å². The minimum Gasteiger partial charge on any atom is -0.268 e. The van der Waals surface area contributed by atoms with Crippen LogP contribution in [0.25, 0.3) is 0 Å². The molecule has 84 valence electrons. The number of nitrogens with zero attached hydrogens (tertiary/aromatic N) is 1. The van der Waals surface area contributed by atoms with E-state index in [0.29, 0.717) is 6.10 Å². The first kappa shape index (κ1) is 9.88. The maximum absolute atomic E-state index is 6.06. The van der Waals surface area contributed by atoms with Crippen molar-refractivity contribution in [3.63, 3.8) is 0 Å². The highest BCUT2D eigenvalue weighted by atomic mass is 16.7. The van der Waals surface area contributed by atoms with Gasteiger partial charge in [-0.3, -0.25) is 4.84 Å². The van der Waals surface area contributed by atoms with Gasteiger partial charge in [-0.2, -0.15) is 0 Å². The van der Waals surface area contributed by atoms with Crippen LogP contribution >= 0.6 is 0 Å². The van der Waals surface area contributed by atoms with Crippen molar-refractivity contribution in [2.45, 2.75) is 44.6 Å². The SMILES string of the molecule is C1=[N+](OC2CCCCC2)c2ccccc2C1. The zero-order chi connectivity index (χ0) is 10.8. The number of fused-ring (bicyclic) bond motifs is 1. The molecule has 1 aliphatic heterocycles. The Labute approximate surface area is 96.5 Å². The quantitative estimate of drug-likeness (QED) is 0.691. The van der Waals surface area contributed by atoms with E-state index in [2.05, 4.69) is 30.5 Å². The van der Waals surface area contributed by atoms with Crippen molar-refractivity contribution < 1.29 is 9.58 Å². The third kappa shape index (κ3) is 1.84. The highest BCUT2D eigenvalue weighted by molar-refractivity contribution is 5.66. The molecular formula is C14H18NO+. The standard InChI is InChI=1S/C14H18NO/c1-2-7-13(8-3-1)16-15-11-10-12-6-4-5-9-14(12)15/h4-6,9,11,13H,1-3,7-8,10H2/q+1. The van der Waals surface area contributed by atoms with Crippen LogP contribution in [0.4, 0.5) is 5.69 Å². The van der Waals surface area contributed by atoms with Gasteiger partial charge in [0.05, 0.1) is 6.42 Å². The summed E-state index contributed by atoms with van der Waals surface area (Å²) in [6.45, 7) is 0. The van der Waals surface area contributed by atoms with Crippen molar-refractivity contribution >= 4 is 11.9 Å². The third-order valence-corrected chi connectivity index (χ3v) is 3.52. The maximum Gasteiger partial charge on any atom is 0.260 e. The van der Waals surface area contributed by atoms with E-state index >= 15 is 0 Å². The van der Waals surface area contributed by atoms with Crippen LogP contribution in [0.1, 0.15) is 37.7 Å². The predicted molar refractivity (Wildman–Crippen MR) is 64.1 cm³/mol. The number of benzene rings is 1. The maximum atomic E-state index is 6.06. The van der Waals surface area contributed by atoms with Gasteiger partial charge in [-0.1, -0.05) is 24.6 Å². The second-order valence-corrected chi connectivity index (χ2v) is 4.71. The summed E-state index contributed by atoms with van der Waals surface area (Å²) in [5.41, 5.74) is 2.60. The van der Waals surface area contributed by atoms with E-state index in [9.17, 15) is 0 Å². The van der Waals surface area contributed by atoms with Crippen molar-refractivity contribution in [1.82, 2.24) is 0 Å². The molecule has 2 aliphatic rings. The zero-order valence-electron chi connectivity index (χ0n) is 9.56. The van der Waals surface area contributed by atoms with Crippen LogP contribution < -0.4 is 0 Å². The summed E-state index contributed by atoms with van der Waals surface area (Å²) in [6, 6.07) is 8.49. The summed E-state index contributed by atoms with van der Waals surface area (Å²) in [7, 11) is 0. The Kier molecular flexibility index (Phi) is 2.65. The summed E-state index contributed by atoms with van der Waals surface area (Å²) in [6.07, 6.45) is 10.0. The Bertz CT molecular complexity index is 405. The molecule has 0 unspecified atom stereocenters. The normalized spacial score (nSPS) is 20.4. The van der Waals surface area contributed by atoms with Gasteiger partial charge in [0.25, 0.3) is 5.69 Å². The van der Waals surface area contributed by atoms with E-state index in [1.807, 2.05) is 4.74 Å². The van der Waals surface area contributed by atoms with Gasteiger partial charge in [-0.25, -0.2) is 0 Å². The van der Waals surface area contributed by atoms with Gasteiger partial charge in [0.1, 0.15) is 0 Å². The molecule has 0 spiro atoms. The molecular weight excluding hydrogens is 198 g/mol. The van der Waals surface area contributed by atoms with Crippen LogP contribution in [0, 0.1) is 0 Å². The summed E-state index contributed by atoms with van der Waals surface area (Å²) >= 11 is 0. The molecule has 2 nitrogen and oxygen atoms in total. The van der Waals surface area contributed by atoms with Crippen LogP contribution in [0.3, 0.4) is 0 Å². The molecule has 3 rings (SSSR count). The molecule has 1 fully saturated rings. The fourth-order valence-corrected chi connectivity index (χ4v) is 2.61. The Morgan fingerprint density at radius 3 is 2.75 bits per heavy atom. The van der Waals surface area contributed by atoms with Crippen LogP contribution in [-0.2, 0) is 11.3 Å². The summed E-state index contributed by atoms with van der Waals surface area (Å²) in [5, 5.41) is 0. The molecule has 1 saturated carbocycles. The Morgan fingerprint density at radius 1 is 1.06 bits per heavy atom. The molecule has 0 atom stereocenters. The lowest BCUT2D eigenvalue weighted by atomic mass is 9.98. The lowest BCUT2D eigenvalue weighted by molar-refractivity contribution is -0.736. The molecule has 0 radical (unpaired) electrons. The predicted octanol–water partition coefficient (Wildman–Crippen LogP) is 3.22. The fourth-order valence-electron chi connectivity index (χ4n) is 2.61. The Hall–Kier alpha value is -1.31. The van der Waals surface area contributed by atoms with Crippen molar-refractivity contribution in [3.05, 3.63) is 29.8 Å². The lowest BCUT2D eigenvalue weighted by Crippen LogP contribution is -2.21. The largest absolute Gasteiger partial charge is 0.268 e. The lowest BCUT2D eigenvalue weighted by Gasteiger charge is -2.18. The van der Waals surface area contributed by atoms with Gasteiger partial charge in [-0.05, 0) is 25.7 Å². The average molecular weight is 216 g/mol. The average Bonchev–Trinajstić information content (AvgIpc) is 2.74. The minimum absolute atomic E-state index is 0.427. The Balaban J connectivity index is 1.72. The van der Waals surface area contributed by atoms with Crippen LogP contribution in [0.15, 0.2) is 24.3 Å². The summed E-state index contributed by atoms with van der Waals surface area (Å²) in [4.78, 5) is 6.06. The molecule has 0 aromatic heterocycles. The highest BCUT2D eigenvalue weighted by Crippen LogP contribution is 2.27. The molecule has 2 heteroatoms. The van der Waals surface area contributed by atoms with Gasteiger partial charge in [0.15, 0.2) is 6.10 Å². The monoisotopic (exact) mass is 216 g/mol. The van der Waals surface area contributed by atoms with E-state index in [4.69, 9.17) is 4.84 Å². The zero-order valence-corrected chi connectivity index (χ0v) is 9.56. The van der Waals surface area contributed by atoms with E-state index in [0.717, 1.165) is 6.42 Å². The number of para-hydroxylation sites is 1. The van der Waals surface area contributed by atoms with Gasteiger partial charge in [0, 0.05) is 16.4 Å². The number of hydrogen-bond acceptors (Lipinski definition) is 1. The van der Waals surface area contributed by atoms with E-state index in [1.54, 1.807) is 0 Å². The van der Waals surface area contributed by atoms with Gasteiger partial charge in [-0.15, -0.1) is 0 Å². The third-order valence-electron chi connectivity index (χ3n) is 3.52. The van der Waals surface area contributed by atoms with Crippen LogP contribution in [-0.4, -0.2) is 17.1 Å². The van der Waals surface area contributed by atoms with Crippen LogP contribution in [0.5, 0.6) is 0 Å². The smallest absolute Gasteiger partial charge is 0.260 e. The fraction of sp³-hybridized carbons (Fsp3) is 0.500. The molecule has 0 amide bonds. The van der Waals surface area contributed by atoms with Crippen molar-refractivity contribution in [2.75, 3.05) is 0 Å². The first-order valence-corrected chi connectivity index (χ1v) is 6.31. The molecule has 0 N–H and O–H groups in total. The first-order valence-electron chi connectivity index (χ1n) is 6.31. The van der Waals surface area contributed by atoms with Crippen molar-refractivity contribution in [3.8, 4) is 0 Å².